The zero-order valence-electron chi connectivity index (χ0n) is 10.9. The molecule has 1 atom stereocenters. The van der Waals surface area contributed by atoms with Crippen molar-refractivity contribution in [3.05, 3.63) is 0 Å². The van der Waals surface area contributed by atoms with Gasteiger partial charge in [-0.1, -0.05) is 0 Å². The zero-order valence-corrected chi connectivity index (χ0v) is 10.9. The highest BCUT2D eigenvalue weighted by molar-refractivity contribution is 4.86. The van der Waals surface area contributed by atoms with Crippen molar-refractivity contribution in [1.82, 2.24) is 9.80 Å². The van der Waals surface area contributed by atoms with Gasteiger partial charge in [0, 0.05) is 38.5 Å². The van der Waals surface area contributed by atoms with Crippen LogP contribution in [-0.4, -0.2) is 68.1 Å². The lowest BCUT2D eigenvalue weighted by molar-refractivity contribution is -0.185. The van der Waals surface area contributed by atoms with Gasteiger partial charge < -0.3 is 19.3 Å². The minimum Gasteiger partial charge on any atom is -0.347 e. The number of likely N-dealkylation sites (N-methyl/N-ethyl adjacent to an activating group) is 1. The summed E-state index contributed by atoms with van der Waals surface area (Å²) >= 11 is 0. The summed E-state index contributed by atoms with van der Waals surface area (Å²) in [6.07, 6.45) is 4.82. The molecule has 0 amide bonds. The van der Waals surface area contributed by atoms with Crippen LogP contribution >= 0.6 is 0 Å². The lowest BCUT2D eigenvalue weighted by Gasteiger charge is -2.39. The highest BCUT2D eigenvalue weighted by Gasteiger charge is 2.40. The molecular formula is C13H24N2O2. The molecule has 3 fully saturated rings. The molecule has 3 heterocycles. The molecule has 3 aliphatic rings. The largest absolute Gasteiger partial charge is 0.347 e. The van der Waals surface area contributed by atoms with Crippen molar-refractivity contribution in [2.24, 2.45) is 0 Å². The molecule has 1 spiro atoms. The Morgan fingerprint density at radius 3 is 2.41 bits per heavy atom. The van der Waals surface area contributed by atoms with Crippen molar-refractivity contribution in [3.8, 4) is 0 Å². The number of hydrogen-bond acceptors (Lipinski definition) is 4. The van der Waals surface area contributed by atoms with E-state index in [4.69, 9.17) is 9.47 Å². The minimum absolute atomic E-state index is 0.210. The molecule has 1 unspecified atom stereocenters. The van der Waals surface area contributed by atoms with Crippen LogP contribution < -0.4 is 0 Å². The fourth-order valence-electron chi connectivity index (χ4n) is 3.37. The predicted octanol–water partition coefficient (Wildman–Crippen LogP) is 0.919. The lowest BCUT2D eigenvalue weighted by atomic mass is 10.0. The SMILES string of the molecule is CN1CCCC1CN1CCC2(CC1)OCCO2. The first-order valence-electron chi connectivity index (χ1n) is 6.98. The van der Waals surface area contributed by atoms with E-state index in [9.17, 15) is 0 Å². The summed E-state index contributed by atoms with van der Waals surface area (Å²) in [5.74, 6) is -0.210. The smallest absolute Gasteiger partial charge is 0.170 e. The second-order valence-electron chi connectivity index (χ2n) is 5.68. The van der Waals surface area contributed by atoms with Crippen molar-refractivity contribution in [1.29, 1.82) is 0 Å². The number of rotatable bonds is 2. The lowest BCUT2D eigenvalue weighted by Crippen LogP contribution is -2.48. The van der Waals surface area contributed by atoms with E-state index in [0.717, 1.165) is 45.2 Å². The van der Waals surface area contributed by atoms with Crippen LogP contribution in [0, 0.1) is 0 Å². The molecule has 98 valence electrons. The highest BCUT2D eigenvalue weighted by atomic mass is 16.7. The van der Waals surface area contributed by atoms with E-state index in [0.29, 0.717) is 0 Å². The highest BCUT2D eigenvalue weighted by Crippen LogP contribution is 2.31. The van der Waals surface area contributed by atoms with E-state index in [1.54, 1.807) is 0 Å². The predicted molar refractivity (Wildman–Crippen MR) is 66.0 cm³/mol. The molecule has 17 heavy (non-hydrogen) atoms. The Bertz CT molecular complexity index is 256. The fourth-order valence-corrected chi connectivity index (χ4v) is 3.37. The van der Waals surface area contributed by atoms with Gasteiger partial charge in [0.25, 0.3) is 0 Å². The first-order valence-corrected chi connectivity index (χ1v) is 6.98. The Morgan fingerprint density at radius 2 is 1.82 bits per heavy atom. The van der Waals surface area contributed by atoms with E-state index in [-0.39, 0.29) is 5.79 Å². The second kappa shape index (κ2) is 4.84. The summed E-state index contributed by atoms with van der Waals surface area (Å²) in [6, 6.07) is 0.773. The molecule has 4 nitrogen and oxygen atoms in total. The van der Waals surface area contributed by atoms with E-state index in [1.165, 1.54) is 25.9 Å². The fraction of sp³-hybridized carbons (Fsp3) is 1.00. The summed E-state index contributed by atoms with van der Waals surface area (Å²) in [4.78, 5) is 5.09. The zero-order chi connectivity index (χ0) is 11.7. The number of hydrogen-bond donors (Lipinski definition) is 0. The van der Waals surface area contributed by atoms with Gasteiger partial charge in [0.15, 0.2) is 5.79 Å². The van der Waals surface area contributed by atoms with Crippen LogP contribution in [0.4, 0.5) is 0 Å². The third-order valence-electron chi connectivity index (χ3n) is 4.57. The van der Waals surface area contributed by atoms with Gasteiger partial charge in [-0.25, -0.2) is 0 Å². The van der Waals surface area contributed by atoms with Crippen LogP contribution in [0.2, 0.25) is 0 Å². The summed E-state index contributed by atoms with van der Waals surface area (Å²) in [5.41, 5.74) is 0. The van der Waals surface area contributed by atoms with Crippen LogP contribution in [0.5, 0.6) is 0 Å². The van der Waals surface area contributed by atoms with Crippen LogP contribution in [0.15, 0.2) is 0 Å². The van der Waals surface area contributed by atoms with Gasteiger partial charge in [-0.2, -0.15) is 0 Å². The normalized spacial score (nSPS) is 34.8. The summed E-state index contributed by atoms with van der Waals surface area (Å²) in [5, 5.41) is 0. The second-order valence-corrected chi connectivity index (χ2v) is 5.68. The Morgan fingerprint density at radius 1 is 1.12 bits per heavy atom. The molecule has 3 aliphatic heterocycles. The van der Waals surface area contributed by atoms with Crippen molar-refractivity contribution >= 4 is 0 Å². The van der Waals surface area contributed by atoms with Gasteiger partial charge >= 0.3 is 0 Å². The maximum atomic E-state index is 5.76. The number of piperidine rings is 1. The summed E-state index contributed by atoms with van der Waals surface area (Å²) in [6.45, 7) is 6.33. The Kier molecular flexibility index (Phi) is 3.39. The maximum absolute atomic E-state index is 5.76. The molecule has 4 heteroatoms. The first-order chi connectivity index (χ1) is 8.27. The molecule has 0 bridgehead atoms. The Labute approximate surface area is 104 Å². The molecule has 0 aromatic carbocycles. The topological polar surface area (TPSA) is 24.9 Å². The van der Waals surface area contributed by atoms with Gasteiger partial charge in [0.05, 0.1) is 13.2 Å². The Hall–Kier alpha value is -0.160. The van der Waals surface area contributed by atoms with Gasteiger partial charge in [0.1, 0.15) is 0 Å². The van der Waals surface area contributed by atoms with Crippen LogP contribution in [-0.2, 0) is 9.47 Å². The maximum Gasteiger partial charge on any atom is 0.170 e. The summed E-state index contributed by atoms with van der Waals surface area (Å²) in [7, 11) is 2.26. The molecule has 3 saturated heterocycles. The number of ether oxygens (including phenoxy) is 2. The first kappa shape index (κ1) is 11.9. The minimum atomic E-state index is -0.210. The van der Waals surface area contributed by atoms with E-state index in [2.05, 4.69) is 16.8 Å². The van der Waals surface area contributed by atoms with Gasteiger partial charge in [-0.05, 0) is 26.4 Å². The molecule has 0 saturated carbocycles. The third kappa shape index (κ3) is 2.50. The quantitative estimate of drug-likeness (QED) is 0.716. The van der Waals surface area contributed by atoms with Crippen LogP contribution in [0.25, 0.3) is 0 Å². The van der Waals surface area contributed by atoms with E-state index in [1.807, 2.05) is 0 Å². The monoisotopic (exact) mass is 240 g/mol. The average Bonchev–Trinajstić information content (AvgIpc) is 2.94. The summed E-state index contributed by atoms with van der Waals surface area (Å²) < 4.78 is 11.5. The van der Waals surface area contributed by atoms with Gasteiger partial charge in [0.2, 0.25) is 0 Å². The van der Waals surface area contributed by atoms with E-state index < -0.39 is 0 Å². The Balaban J connectivity index is 1.48. The molecule has 3 rings (SSSR count). The molecule has 0 radical (unpaired) electrons. The standard InChI is InChI=1S/C13H24N2O2/c1-14-6-2-3-12(14)11-15-7-4-13(5-8-15)16-9-10-17-13/h12H,2-11H2,1H3. The number of likely N-dealkylation sites (tertiary alicyclic amines) is 2. The molecule has 0 N–H and O–H groups in total. The van der Waals surface area contributed by atoms with Crippen molar-refractivity contribution in [2.45, 2.75) is 37.5 Å². The average molecular weight is 240 g/mol. The molecular weight excluding hydrogens is 216 g/mol. The number of nitrogens with zero attached hydrogens (tertiary/aromatic N) is 2. The van der Waals surface area contributed by atoms with Crippen molar-refractivity contribution < 1.29 is 9.47 Å². The van der Waals surface area contributed by atoms with Crippen molar-refractivity contribution in [2.75, 3.05) is 46.4 Å². The van der Waals surface area contributed by atoms with Crippen LogP contribution in [0.1, 0.15) is 25.7 Å². The van der Waals surface area contributed by atoms with Crippen molar-refractivity contribution in [3.63, 3.8) is 0 Å². The molecule has 0 aromatic heterocycles. The molecule has 0 aromatic rings. The van der Waals surface area contributed by atoms with Crippen LogP contribution in [0.3, 0.4) is 0 Å². The van der Waals surface area contributed by atoms with E-state index >= 15 is 0 Å². The van der Waals surface area contributed by atoms with Gasteiger partial charge in [-0.3, -0.25) is 0 Å². The molecule has 0 aliphatic carbocycles. The third-order valence-corrected chi connectivity index (χ3v) is 4.57. The van der Waals surface area contributed by atoms with Gasteiger partial charge in [-0.15, -0.1) is 0 Å².